The van der Waals surface area contributed by atoms with Gasteiger partial charge in [0.2, 0.25) is 4.93 Å². The molecule has 0 spiro atoms. The lowest BCUT2D eigenvalue weighted by Gasteiger charge is -2.30. The summed E-state index contributed by atoms with van der Waals surface area (Å²) < 4.78 is 38.8. The van der Waals surface area contributed by atoms with Crippen LogP contribution >= 0.6 is 0 Å². The Hall–Kier alpha value is -0.950. The molecule has 0 aliphatic heterocycles. The van der Waals surface area contributed by atoms with Crippen LogP contribution in [0.3, 0.4) is 0 Å². The minimum Gasteiger partial charge on any atom is -0.394 e. The highest BCUT2D eigenvalue weighted by atomic mass is 32.2. The second kappa shape index (κ2) is 11.7. The van der Waals surface area contributed by atoms with Crippen molar-refractivity contribution in [2.24, 2.45) is 0 Å². The molecule has 0 aliphatic carbocycles. The van der Waals surface area contributed by atoms with Gasteiger partial charge in [-0.25, -0.2) is 0 Å². The third-order valence-electron chi connectivity index (χ3n) is 4.64. The van der Waals surface area contributed by atoms with Gasteiger partial charge < -0.3 is 9.84 Å². The Morgan fingerprint density at radius 1 is 1.04 bits per heavy atom. The molecule has 1 unspecified atom stereocenters. The number of unbranched alkanes of at least 4 members (excludes halogenated alkanes) is 6. The highest BCUT2D eigenvalue weighted by molar-refractivity contribution is 7.86. The molecule has 0 aromatic heterocycles. The summed E-state index contributed by atoms with van der Waals surface area (Å²) in [5, 5.41) is 8.95. The maximum atomic E-state index is 11.9. The highest BCUT2D eigenvalue weighted by Crippen LogP contribution is 2.35. The molecule has 6 heteroatoms. The third kappa shape index (κ3) is 6.65. The predicted molar refractivity (Wildman–Crippen MR) is 104 cm³/mol. The van der Waals surface area contributed by atoms with Crippen molar-refractivity contribution in [3.63, 3.8) is 0 Å². The summed E-state index contributed by atoms with van der Waals surface area (Å²) in [6.45, 7) is 5.29. The van der Waals surface area contributed by atoms with Gasteiger partial charge in [0, 0.05) is 5.56 Å². The zero-order chi connectivity index (χ0) is 19.5. The SMILES string of the molecule is [CH2]CC(OCCO)(c1ccc(CCCCCCCCC)cc1)S(=O)(=O)O. The third-order valence-corrected chi connectivity index (χ3v) is 6.03. The predicted octanol–water partition coefficient (Wildman–Crippen LogP) is 4.25. The molecule has 1 atom stereocenters. The Labute approximate surface area is 158 Å². The Balaban J connectivity index is 2.68. The van der Waals surface area contributed by atoms with Gasteiger partial charge in [-0.2, -0.15) is 8.42 Å². The standard InChI is InChI=1S/C20H33O5S/c1-3-5-6-7-8-9-10-11-18-12-14-19(15-13-18)20(4-2,25-17-16-21)26(22,23)24/h12-15,21H,2-11,16-17H2,1H3,(H,22,23,24). The van der Waals surface area contributed by atoms with Crippen molar-refractivity contribution < 1.29 is 22.8 Å². The van der Waals surface area contributed by atoms with E-state index < -0.39 is 15.1 Å². The van der Waals surface area contributed by atoms with Crippen molar-refractivity contribution in [2.75, 3.05) is 13.2 Å². The molecule has 26 heavy (non-hydrogen) atoms. The minimum absolute atomic E-state index is 0.192. The van der Waals surface area contributed by atoms with Gasteiger partial charge in [-0.3, -0.25) is 4.55 Å². The molecule has 0 aliphatic rings. The number of aryl methyl sites for hydroxylation is 1. The average molecular weight is 386 g/mol. The van der Waals surface area contributed by atoms with Crippen LogP contribution in [0.4, 0.5) is 0 Å². The van der Waals surface area contributed by atoms with Crippen LogP contribution in [-0.4, -0.2) is 31.3 Å². The van der Waals surface area contributed by atoms with E-state index in [1.54, 1.807) is 12.1 Å². The maximum absolute atomic E-state index is 11.9. The van der Waals surface area contributed by atoms with Gasteiger partial charge in [0.15, 0.2) is 0 Å². The van der Waals surface area contributed by atoms with Crippen LogP contribution in [0.1, 0.15) is 69.4 Å². The lowest BCUT2D eigenvalue weighted by Crippen LogP contribution is -2.38. The van der Waals surface area contributed by atoms with E-state index in [0.717, 1.165) is 18.4 Å². The Bertz CT molecular complexity index is 597. The van der Waals surface area contributed by atoms with Crippen LogP contribution in [0.2, 0.25) is 0 Å². The molecular weight excluding hydrogens is 352 g/mol. The number of hydrogen-bond donors (Lipinski definition) is 2. The lowest BCUT2D eigenvalue weighted by molar-refractivity contribution is -0.00861. The van der Waals surface area contributed by atoms with Crippen LogP contribution in [-0.2, 0) is 26.2 Å². The number of benzene rings is 1. The molecule has 0 heterocycles. The molecule has 2 N–H and O–H groups in total. The minimum atomic E-state index is -4.54. The fourth-order valence-corrected chi connectivity index (χ4v) is 4.00. The first-order chi connectivity index (χ1) is 12.4. The number of hydrogen-bond acceptors (Lipinski definition) is 4. The molecule has 0 saturated carbocycles. The largest absolute Gasteiger partial charge is 0.394 e. The Kier molecular flexibility index (Phi) is 10.4. The number of aliphatic hydroxyl groups excluding tert-OH is 1. The smallest absolute Gasteiger partial charge is 0.299 e. The summed E-state index contributed by atoms with van der Waals surface area (Å²) >= 11 is 0. The van der Waals surface area contributed by atoms with Gasteiger partial charge >= 0.3 is 0 Å². The monoisotopic (exact) mass is 385 g/mol. The summed E-state index contributed by atoms with van der Waals surface area (Å²) in [4.78, 5) is -1.94. The first-order valence-electron chi connectivity index (χ1n) is 9.51. The molecule has 0 fully saturated rings. The molecule has 1 radical (unpaired) electrons. The summed E-state index contributed by atoms with van der Waals surface area (Å²) in [5.41, 5.74) is 1.45. The van der Waals surface area contributed by atoms with E-state index >= 15 is 0 Å². The van der Waals surface area contributed by atoms with Crippen molar-refractivity contribution in [3.05, 3.63) is 42.3 Å². The molecule has 0 bridgehead atoms. The van der Waals surface area contributed by atoms with E-state index in [0.29, 0.717) is 5.56 Å². The zero-order valence-electron chi connectivity index (χ0n) is 15.8. The first kappa shape index (κ1) is 23.1. The quantitative estimate of drug-likeness (QED) is 0.369. The summed E-state index contributed by atoms with van der Waals surface area (Å²) in [7, 11) is -4.54. The van der Waals surface area contributed by atoms with Crippen molar-refractivity contribution in [2.45, 2.75) is 69.6 Å². The first-order valence-corrected chi connectivity index (χ1v) is 11.0. The molecular formula is C20H33O5S. The molecule has 1 aromatic rings. The fourth-order valence-electron chi connectivity index (χ4n) is 3.07. The van der Waals surface area contributed by atoms with Crippen molar-refractivity contribution >= 4 is 10.1 Å². The van der Waals surface area contributed by atoms with E-state index in [1.165, 1.54) is 38.5 Å². The summed E-state index contributed by atoms with van der Waals surface area (Å²) in [5.74, 6) is 0. The van der Waals surface area contributed by atoms with Crippen molar-refractivity contribution in [3.8, 4) is 0 Å². The van der Waals surface area contributed by atoms with Crippen molar-refractivity contribution in [1.82, 2.24) is 0 Å². The van der Waals surface area contributed by atoms with Crippen LogP contribution < -0.4 is 0 Å². The topological polar surface area (TPSA) is 83.8 Å². The molecule has 149 valence electrons. The Morgan fingerprint density at radius 3 is 2.12 bits per heavy atom. The fraction of sp³-hybridized carbons (Fsp3) is 0.650. The normalized spacial score (nSPS) is 14.3. The average Bonchev–Trinajstić information content (AvgIpc) is 2.62. The number of ether oxygens (including phenoxy) is 1. The van der Waals surface area contributed by atoms with Gasteiger partial charge in [-0.15, -0.1) is 0 Å². The second-order valence-corrected chi connectivity index (χ2v) is 8.23. The molecule has 0 amide bonds. The van der Waals surface area contributed by atoms with Crippen LogP contribution in [0.5, 0.6) is 0 Å². The lowest BCUT2D eigenvalue weighted by atomic mass is 10.0. The van der Waals surface area contributed by atoms with Gasteiger partial charge in [0.05, 0.1) is 13.2 Å². The van der Waals surface area contributed by atoms with Crippen LogP contribution in [0.15, 0.2) is 24.3 Å². The van der Waals surface area contributed by atoms with Gasteiger partial charge in [-0.1, -0.05) is 69.7 Å². The van der Waals surface area contributed by atoms with Gasteiger partial charge in [0.25, 0.3) is 10.1 Å². The van der Waals surface area contributed by atoms with E-state index in [1.807, 2.05) is 12.1 Å². The highest BCUT2D eigenvalue weighted by Gasteiger charge is 2.44. The number of aliphatic hydroxyl groups is 1. The van der Waals surface area contributed by atoms with Crippen LogP contribution in [0.25, 0.3) is 0 Å². The van der Waals surface area contributed by atoms with Crippen LogP contribution in [0, 0.1) is 6.92 Å². The van der Waals surface area contributed by atoms with E-state index in [2.05, 4.69) is 13.8 Å². The summed E-state index contributed by atoms with van der Waals surface area (Å²) in [6, 6.07) is 7.05. The molecule has 5 nitrogen and oxygen atoms in total. The second-order valence-electron chi connectivity index (χ2n) is 6.62. The Morgan fingerprint density at radius 2 is 1.62 bits per heavy atom. The van der Waals surface area contributed by atoms with Gasteiger partial charge in [-0.05, 0) is 31.7 Å². The van der Waals surface area contributed by atoms with Crippen molar-refractivity contribution in [1.29, 1.82) is 0 Å². The molecule has 1 rings (SSSR count). The number of rotatable bonds is 14. The van der Waals surface area contributed by atoms with E-state index in [-0.39, 0.29) is 19.6 Å². The summed E-state index contributed by atoms with van der Waals surface area (Å²) in [6.07, 6.45) is 9.45. The maximum Gasteiger partial charge on any atom is 0.299 e. The molecule has 1 aromatic carbocycles. The zero-order valence-corrected chi connectivity index (χ0v) is 16.6. The van der Waals surface area contributed by atoms with Gasteiger partial charge in [0.1, 0.15) is 0 Å². The molecule has 0 saturated heterocycles. The van der Waals surface area contributed by atoms with E-state index in [4.69, 9.17) is 9.84 Å². The van der Waals surface area contributed by atoms with E-state index in [9.17, 15) is 13.0 Å².